The largest absolute Gasteiger partial charge is 0.394 e. The normalized spacial score (nSPS) is 12.7. The first kappa shape index (κ1) is 20.7. The number of rotatable bonds is 8. The molecule has 0 aliphatic carbocycles. The summed E-state index contributed by atoms with van der Waals surface area (Å²) in [5.41, 5.74) is -1.36. The number of nitrogens with one attached hydrogen (secondary N) is 1. The zero-order valence-corrected chi connectivity index (χ0v) is 14.6. The SMILES string of the molecule is O=c1[nH]c(=O)n(C[C@@H](CO)OCP(=O)(O)O)cc1-c1ccc([N+](=O)[O-])cc1. The van der Waals surface area contributed by atoms with Crippen molar-refractivity contribution in [3.8, 4) is 11.1 Å². The number of non-ortho nitro benzene ring substituents is 1. The molecule has 0 spiro atoms. The Morgan fingerprint density at radius 2 is 1.89 bits per heavy atom. The number of aliphatic hydroxyl groups excluding tert-OH is 1. The summed E-state index contributed by atoms with van der Waals surface area (Å²) in [5, 5.41) is 20.0. The molecule has 0 saturated heterocycles. The fraction of sp³-hybridized carbons (Fsp3) is 0.286. The van der Waals surface area contributed by atoms with Crippen molar-refractivity contribution in [2.75, 3.05) is 13.0 Å². The fourth-order valence-electron chi connectivity index (χ4n) is 2.20. The summed E-state index contributed by atoms with van der Waals surface area (Å²) in [6.07, 6.45) is -0.872. The van der Waals surface area contributed by atoms with Crippen molar-refractivity contribution in [3.63, 3.8) is 0 Å². The van der Waals surface area contributed by atoms with E-state index in [1.165, 1.54) is 30.5 Å². The van der Waals surface area contributed by atoms with E-state index in [0.29, 0.717) is 5.56 Å². The van der Waals surface area contributed by atoms with Crippen LogP contribution in [-0.2, 0) is 15.8 Å². The average Bonchev–Trinajstić information content (AvgIpc) is 2.59. The van der Waals surface area contributed by atoms with Gasteiger partial charge in [0, 0.05) is 18.3 Å². The first-order chi connectivity index (χ1) is 12.6. The lowest BCUT2D eigenvalue weighted by Crippen LogP contribution is -2.35. The Labute approximate surface area is 151 Å². The molecule has 0 aliphatic rings. The van der Waals surface area contributed by atoms with Gasteiger partial charge in [-0.15, -0.1) is 0 Å². The molecule has 13 heteroatoms. The molecule has 2 rings (SSSR count). The van der Waals surface area contributed by atoms with Gasteiger partial charge in [-0.2, -0.15) is 0 Å². The molecule has 0 fully saturated rings. The van der Waals surface area contributed by atoms with Gasteiger partial charge < -0.3 is 19.6 Å². The summed E-state index contributed by atoms with van der Waals surface area (Å²) in [6, 6.07) is 5.07. The first-order valence-electron chi connectivity index (χ1n) is 7.46. The van der Waals surface area contributed by atoms with Crippen LogP contribution in [0.1, 0.15) is 0 Å². The Balaban J connectivity index is 2.32. The van der Waals surface area contributed by atoms with E-state index in [2.05, 4.69) is 4.98 Å². The topological polar surface area (TPSA) is 185 Å². The van der Waals surface area contributed by atoms with Gasteiger partial charge >= 0.3 is 13.3 Å². The zero-order valence-electron chi connectivity index (χ0n) is 13.7. The van der Waals surface area contributed by atoms with Crippen molar-refractivity contribution in [1.82, 2.24) is 9.55 Å². The van der Waals surface area contributed by atoms with Crippen LogP contribution in [0.5, 0.6) is 0 Å². The minimum Gasteiger partial charge on any atom is -0.394 e. The van der Waals surface area contributed by atoms with Crippen molar-refractivity contribution in [3.05, 3.63) is 61.4 Å². The monoisotopic (exact) mass is 401 g/mol. The third kappa shape index (κ3) is 5.67. The van der Waals surface area contributed by atoms with Crippen molar-refractivity contribution in [2.45, 2.75) is 12.6 Å². The van der Waals surface area contributed by atoms with E-state index in [4.69, 9.17) is 14.5 Å². The summed E-state index contributed by atoms with van der Waals surface area (Å²) in [7, 11) is -4.46. The maximum absolute atomic E-state index is 12.0. The van der Waals surface area contributed by atoms with Crippen LogP contribution < -0.4 is 11.2 Å². The van der Waals surface area contributed by atoms with Crippen molar-refractivity contribution >= 4 is 13.3 Å². The number of hydrogen-bond donors (Lipinski definition) is 4. The van der Waals surface area contributed by atoms with Crippen LogP contribution >= 0.6 is 7.60 Å². The van der Waals surface area contributed by atoms with Crippen LogP contribution in [0.15, 0.2) is 40.1 Å². The number of hydrogen-bond acceptors (Lipinski definition) is 7. The number of H-pyrrole nitrogens is 1. The number of aromatic nitrogens is 2. The Hall–Kier alpha value is -2.63. The Bertz CT molecular complexity index is 977. The van der Waals surface area contributed by atoms with Crippen LogP contribution in [-0.4, -0.2) is 48.4 Å². The van der Waals surface area contributed by atoms with Gasteiger partial charge in [-0.25, -0.2) is 4.79 Å². The van der Waals surface area contributed by atoms with Crippen LogP contribution in [0.3, 0.4) is 0 Å². The molecule has 0 unspecified atom stereocenters. The highest BCUT2D eigenvalue weighted by Gasteiger charge is 2.19. The number of aromatic amines is 1. The third-order valence-corrected chi connectivity index (χ3v) is 3.97. The zero-order chi connectivity index (χ0) is 20.2. The quantitative estimate of drug-likeness (QED) is 0.260. The number of ether oxygens (including phenoxy) is 1. The Kier molecular flexibility index (Phi) is 6.41. The number of nitro benzene ring substituents is 1. The lowest BCUT2D eigenvalue weighted by Gasteiger charge is -2.17. The van der Waals surface area contributed by atoms with Gasteiger partial charge in [-0.3, -0.25) is 29.0 Å². The van der Waals surface area contributed by atoms with E-state index in [0.717, 1.165) is 4.57 Å². The predicted octanol–water partition coefficient (Wildman–Crippen LogP) is -0.375. The van der Waals surface area contributed by atoms with E-state index < -0.39 is 42.8 Å². The lowest BCUT2D eigenvalue weighted by molar-refractivity contribution is -0.384. The molecule has 1 atom stereocenters. The van der Waals surface area contributed by atoms with Crippen LogP contribution in [0, 0.1) is 10.1 Å². The summed E-state index contributed by atoms with van der Waals surface area (Å²) in [6.45, 7) is -0.912. The van der Waals surface area contributed by atoms with Gasteiger partial charge in [0.1, 0.15) is 6.35 Å². The van der Waals surface area contributed by atoms with E-state index in [1.807, 2.05) is 0 Å². The van der Waals surface area contributed by atoms with Gasteiger partial charge in [0.25, 0.3) is 11.2 Å². The van der Waals surface area contributed by atoms with Crippen molar-refractivity contribution in [2.24, 2.45) is 0 Å². The molecule has 2 aromatic rings. The molecule has 146 valence electrons. The summed E-state index contributed by atoms with van der Waals surface area (Å²) >= 11 is 0. The smallest absolute Gasteiger partial charge is 0.350 e. The van der Waals surface area contributed by atoms with Gasteiger partial charge in [-0.1, -0.05) is 0 Å². The average molecular weight is 401 g/mol. The second-order valence-electron chi connectivity index (χ2n) is 5.52. The highest BCUT2D eigenvalue weighted by atomic mass is 31.2. The molecule has 1 heterocycles. The maximum atomic E-state index is 12.0. The van der Waals surface area contributed by atoms with E-state index >= 15 is 0 Å². The van der Waals surface area contributed by atoms with Gasteiger partial charge in [-0.05, 0) is 17.7 Å². The molecule has 1 aromatic carbocycles. The molecule has 27 heavy (non-hydrogen) atoms. The molecule has 1 aromatic heterocycles. The van der Waals surface area contributed by atoms with Crippen LogP contribution in [0.25, 0.3) is 11.1 Å². The molecular weight excluding hydrogens is 385 g/mol. The van der Waals surface area contributed by atoms with Gasteiger partial charge in [0.15, 0.2) is 0 Å². The second kappa shape index (κ2) is 8.37. The number of benzene rings is 1. The minimum atomic E-state index is -4.46. The summed E-state index contributed by atoms with van der Waals surface area (Å²) < 4.78 is 16.7. The molecule has 0 amide bonds. The maximum Gasteiger partial charge on any atom is 0.350 e. The molecule has 4 N–H and O–H groups in total. The standard InChI is InChI=1S/C14H16N3O9P/c18-7-11(26-8-27(23,24)25)5-16-6-12(13(19)15-14(16)20)9-1-3-10(4-2-9)17(21)22/h1-4,6,11,18H,5,7-8H2,(H,15,19,20)(H2,23,24,25)/t11-/m0/s1. The van der Waals surface area contributed by atoms with E-state index in [9.17, 15) is 29.4 Å². The molecular formula is C14H16N3O9P. The molecule has 0 bridgehead atoms. The van der Waals surface area contributed by atoms with Crippen LogP contribution in [0.4, 0.5) is 5.69 Å². The highest BCUT2D eigenvalue weighted by Crippen LogP contribution is 2.34. The second-order valence-corrected chi connectivity index (χ2v) is 7.11. The first-order valence-corrected chi connectivity index (χ1v) is 9.26. The Morgan fingerprint density at radius 1 is 1.26 bits per heavy atom. The number of nitro groups is 1. The highest BCUT2D eigenvalue weighted by molar-refractivity contribution is 7.51. The molecule has 12 nitrogen and oxygen atoms in total. The van der Waals surface area contributed by atoms with Gasteiger partial charge in [0.05, 0.1) is 29.7 Å². The number of nitrogens with zero attached hydrogens (tertiary/aromatic N) is 2. The molecule has 0 saturated carbocycles. The van der Waals surface area contributed by atoms with Crippen molar-refractivity contribution < 1.29 is 29.1 Å². The predicted molar refractivity (Wildman–Crippen MR) is 92.3 cm³/mol. The summed E-state index contributed by atoms with van der Waals surface area (Å²) in [4.78, 5) is 53.8. The molecule has 0 radical (unpaired) electrons. The number of aliphatic hydroxyl groups is 1. The van der Waals surface area contributed by atoms with E-state index in [-0.39, 0.29) is 17.8 Å². The van der Waals surface area contributed by atoms with Crippen LogP contribution in [0.2, 0.25) is 0 Å². The van der Waals surface area contributed by atoms with Gasteiger partial charge in [0.2, 0.25) is 0 Å². The summed E-state index contributed by atoms with van der Waals surface area (Å²) in [5.74, 6) is 0. The fourth-order valence-corrected chi connectivity index (χ4v) is 2.60. The third-order valence-electron chi connectivity index (χ3n) is 3.48. The minimum absolute atomic E-state index is 0.0381. The Morgan fingerprint density at radius 3 is 2.41 bits per heavy atom. The lowest BCUT2D eigenvalue weighted by atomic mass is 10.1. The van der Waals surface area contributed by atoms with Crippen molar-refractivity contribution in [1.29, 1.82) is 0 Å². The molecule has 0 aliphatic heterocycles. The van der Waals surface area contributed by atoms with E-state index in [1.54, 1.807) is 0 Å².